The molecule has 2 aromatic rings. The van der Waals surface area contributed by atoms with Gasteiger partial charge in [-0.25, -0.2) is 4.79 Å². The molecule has 2 aliphatic rings. The molecular weight excluding hydrogens is 412 g/mol. The maximum Gasteiger partial charge on any atom is 0.407 e. The van der Waals surface area contributed by atoms with E-state index in [0.29, 0.717) is 6.42 Å². The normalized spacial score (nSPS) is 20.2. The number of carbonyl (C=O) groups excluding carboxylic acids is 2. The predicted molar refractivity (Wildman–Crippen MR) is 116 cm³/mol. The highest BCUT2D eigenvalue weighted by Crippen LogP contribution is 2.44. The Morgan fingerprint density at radius 3 is 2.31 bits per heavy atom. The SMILES string of the molecule is CC(NC(=O)OCC1c2ccccc2-c2ccccc21)C(=O)NC[C@H]1C[C@@H](C(=O)O)CO1. The van der Waals surface area contributed by atoms with Gasteiger partial charge in [0.1, 0.15) is 12.6 Å². The lowest BCUT2D eigenvalue weighted by Gasteiger charge is -2.18. The molecule has 3 N–H and O–H groups in total. The number of fused-ring (bicyclic) bond motifs is 3. The molecule has 8 nitrogen and oxygen atoms in total. The molecule has 1 unspecified atom stereocenters. The van der Waals surface area contributed by atoms with Crippen molar-refractivity contribution >= 4 is 18.0 Å². The molecular formula is C24H26N2O6. The fourth-order valence-electron chi connectivity index (χ4n) is 4.27. The van der Waals surface area contributed by atoms with E-state index in [9.17, 15) is 14.4 Å². The summed E-state index contributed by atoms with van der Waals surface area (Å²) in [5, 5.41) is 14.2. The van der Waals surface area contributed by atoms with Crippen LogP contribution >= 0.6 is 0 Å². The number of rotatable bonds is 7. The van der Waals surface area contributed by atoms with Crippen LogP contribution in [0.25, 0.3) is 11.1 Å². The standard InChI is InChI=1S/C24H26N2O6/c1-14(22(27)25-11-16-10-15(12-31-16)23(28)29)26-24(30)32-13-21-19-8-4-2-6-17(19)18-7-3-5-9-20(18)21/h2-9,14-16,21H,10-13H2,1H3,(H,25,27)(H,26,30)(H,28,29)/t14?,15-,16-/m1/s1. The van der Waals surface area contributed by atoms with Crippen molar-refractivity contribution in [2.45, 2.75) is 31.4 Å². The Labute approximate surface area is 185 Å². The van der Waals surface area contributed by atoms with Gasteiger partial charge < -0.3 is 25.2 Å². The largest absolute Gasteiger partial charge is 0.481 e. The molecule has 1 aliphatic carbocycles. The van der Waals surface area contributed by atoms with Gasteiger partial charge in [0.15, 0.2) is 0 Å². The van der Waals surface area contributed by atoms with Crippen LogP contribution < -0.4 is 10.6 Å². The van der Waals surface area contributed by atoms with Gasteiger partial charge in [0.2, 0.25) is 5.91 Å². The molecule has 4 rings (SSSR count). The highest BCUT2D eigenvalue weighted by molar-refractivity contribution is 5.85. The van der Waals surface area contributed by atoms with Crippen molar-refractivity contribution in [1.82, 2.24) is 10.6 Å². The summed E-state index contributed by atoms with van der Waals surface area (Å²) in [7, 11) is 0. The first-order chi connectivity index (χ1) is 15.4. The molecule has 1 aliphatic heterocycles. The smallest absolute Gasteiger partial charge is 0.407 e. The third-order valence-electron chi connectivity index (χ3n) is 6.01. The molecule has 1 heterocycles. The topological polar surface area (TPSA) is 114 Å². The molecule has 168 valence electrons. The number of ether oxygens (including phenoxy) is 2. The second kappa shape index (κ2) is 9.40. The first kappa shape index (κ1) is 21.8. The van der Waals surface area contributed by atoms with Gasteiger partial charge in [-0.3, -0.25) is 9.59 Å². The lowest BCUT2D eigenvalue weighted by Crippen LogP contribution is -2.46. The average molecular weight is 438 g/mol. The van der Waals surface area contributed by atoms with Crippen LogP contribution in [0.1, 0.15) is 30.4 Å². The molecule has 0 spiro atoms. The minimum Gasteiger partial charge on any atom is -0.481 e. The van der Waals surface area contributed by atoms with Gasteiger partial charge in [-0.2, -0.15) is 0 Å². The van der Waals surface area contributed by atoms with E-state index in [1.165, 1.54) is 0 Å². The summed E-state index contributed by atoms with van der Waals surface area (Å²) in [6.45, 7) is 2.07. The van der Waals surface area contributed by atoms with Gasteiger partial charge in [-0.15, -0.1) is 0 Å². The van der Waals surface area contributed by atoms with Crippen LogP contribution in [-0.4, -0.2) is 55.0 Å². The molecule has 0 aromatic heterocycles. The van der Waals surface area contributed by atoms with E-state index in [4.69, 9.17) is 14.6 Å². The van der Waals surface area contributed by atoms with Crippen molar-refractivity contribution in [1.29, 1.82) is 0 Å². The summed E-state index contributed by atoms with van der Waals surface area (Å²) < 4.78 is 10.8. The van der Waals surface area contributed by atoms with E-state index >= 15 is 0 Å². The molecule has 1 fully saturated rings. The summed E-state index contributed by atoms with van der Waals surface area (Å²) in [5.41, 5.74) is 4.51. The Balaban J connectivity index is 1.26. The van der Waals surface area contributed by atoms with Gasteiger partial charge >= 0.3 is 12.1 Å². The average Bonchev–Trinajstić information content (AvgIpc) is 3.39. The first-order valence-corrected chi connectivity index (χ1v) is 10.7. The van der Waals surface area contributed by atoms with Crippen molar-refractivity contribution < 1.29 is 29.0 Å². The lowest BCUT2D eigenvalue weighted by molar-refractivity contribution is -0.141. The molecule has 0 radical (unpaired) electrons. The highest BCUT2D eigenvalue weighted by Gasteiger charge is 2.32. The summed E-state index contributed by atoms with van der Waals surface area (Å²) >= 11 is 0. The number of carbonyl (C=O) groups is 3. The molecule has 2 aromatic carbocycles. The molecule has 0 bridgehead atoms. The molecule has 2 amide bonds. The van der Waals surface area contributed by atoms with Crippen LogP contribution in [0.3, 0.4) is 0 Å². The third-order valence-corrected chi connectivity index (χ3v) is 6.01. The second-order valence-electron chi connectivity index (χ2n) is 8.16. The minimum absolute atomic E-state index is 0.0565. The summed E-state index contributed by atoms with van der Waals surface area (Å²) in [4.78, 5) is 35.6. The Hall–Kier alpha value is -3.39. The van der Waals surface area contributed by atoms with Crippen LogP contribution in [0.4, 0.5) is 4.79 Å². The number of benzene rings is 2. The number of hydrogen-bond acceptors (Lipinski definition) is 5. The monoisotopic (exact) mass is 438 g/mol. The number of alkyl carbamates (subject to hydrolysis) is 1. The fourth-order valence-corrected chi connectivity index (χ4v) is 4.27. The Bertz CT molecular complexity index is 978. The van der Waals surface area contributed by atoms with Gasteiger partial charge in [-0.05, 0) is 35.6 Å². The zero-order valence-corrected chi connectivity index (χ0v) is 17.7. The Kier molecular flexibility index (Phi) is 6.41. The molecule has 8 heteroatoms. The Morgan fingerprint density at radius 1 is 1.09 bits per heavy atom. The summed E-state index contributed by atoms with van der Waals surface area (Å²) in [6, 6.07) is 15.3. The van der Waals surface area contributed by atoms with Gasteiger partial charge in [0, 0.05) is 12.5 Å². The van der Waals surface area contributed by atoms with Crippen molar-refractivity contribution in [2.24, 2.45) is 5.92 Å². The zero-order chi connectivity index (χ0) is 22.7. The maximum absolute atomic E-state index is 12.3. The van der Waals surface area contributed by atoms with Crippen LogP contribution in [0, 0.1) is 5.92 Å². The van der Waals surface area contributed by atoms with Gasteiger partial charge in [0.05, 0.1) is 18.6 Å². The number of nitrogens with one attached hydrogen (secondary N) is 2. The molecule has 1 saturated heterocycles. The number of carboxylic acids is 1. The van der Waals surface area contributed by atoms with E-state index in [1.54, 1.807) is 6.92 Å². The van der Waals surface area contributed by atoms with Crippen molar-refractivity contribution in [3.8, 4) is 11.1 Å². The summed E-state index contributed by atoms with van der Waals surface area (Å²) in [5.74, 6) is -1.89. The van der Waals surface area contributed by atoms with E-state index < -0.39 is 24.0 Å². The number of carboxylic acid groups (broad SMARTS) is 1. The number of hydrogen-bond donors (Lipinski definition) is 3. The quantitative estimate of drug-likeness (QED) is 0.612. The fraction of sp³-hybridized carbons (Fsp3) is 0.375. The first-order valence-electron chi connectivity index (χ1n) is 10.7. The van der Waals surface area contributed by atoms with Gasteiger partial charge in [-0.1, -0.05) is 48.5 Å². The van der Waals surface area contributed by atoms with Crippen molar-refractivity contribution in [3.05, 3.63) is 59.7 Å². The minimum atomic E-state index is -0.899. The van der Waals surface area contributed by atoms with Crippen molar-refractivity contribution in [3.63, 3.8) is 0 Å². The Morgan fingerprint density at radius 2 is 1.72 bits per heavy atom. The molecule has 32 heavy (non-hydrogen) atoms. The van der Waals surface area contributed by atoms with E-state index in [0.717, 1.165) is 22.3 Å². The third kappa shape index (κ3) is 4.60. The van der Waals surface area contributed by atoms with E-state index in [-0.39, 0.29) is 37.7 Å². The van der Waals surface area contributed by atoms with E-state index in [1.807, 2.05) is 36.4 Å². The molecule has 3 atom stereocenters. The van der Waals surface area contributed by atoms with Crippen LogP contribution in [0.15, 0.2) is 48.5 Å². The summed E-state index contributed by atoms with van der Waals surface area (Å²) in [6.07, 6.45) is -0.664. The predicted octanol–water partition coefficient (Wildman–Crippen LogP) is 2.52. The van der Waals surface area contributed by atoms with Crippen LogP contribution in [-0.2, 0) is 19.1 Å². The number of aliphatic carboxylic acids is 1. The second-order valence-corrected chi connectivity index (χ2v) is 8.16. The van der Waals surface area contributed by atoms with Crippen molar-refractivity contribution in [2.75, 3.05) is 19.8 Å². The van der Waals surface area contributed by atoms with E-state index in [2.05, 4.69) is 22.8 Å². The van der Waals surface area contributed by atoms with Crippen LogP contribution in [0.2, 0.25) is 0 Å². The van der Waals surface area contributed by atoms with Crippen LogP contribution in [0.5, 0.6) is 0 Å². The lowest BCUT2D eigenvalue weighted by atomic mass is 9.98. The maximum atomic E-state index is 12.3. The molecule has 0 saturated carbocycles. The highest BCUT2D eigenvalue weighted by atomic mass is 16.5. The zero-order valence-electron chi connectivity index (χ0n) is 17.7. The number of amides is 2. The van der Waals surface area contributed by atoms with Gasteiger partial charge in [0.25, 0.3) is 0 Å².